The van der Waals surface area contributed by atoms with Crippen LogP contribution in [0.3, 0.4) is 0 Å². The number of piperidine rings is 1. The molecule has 2 aromatic carbocycles. The van der Waals surface area contributed by atoms with Crippen molar-refractivity contribution in [1.29, 1.82) is 0 Å². The summed E-state index contributed by atoms with van der Waals surface area (Å²) in [7, 11) is 1.81. The van der Waals surface area contributed by atoms with Gasteiger partial charge in [-0.05, 0) is 67.1 Å². The summed E-state index contributed by atoms with van der Waals surface area (Å²) in [6, 6.07) is 16.1. The predicted molar refractivity (Wildman–Crippen MR) is 109 cm³/mol. The monoisotopic (exact) mass is 368 g/mol. The summed E-state index contributed by atoms with van der Waals surface area (Å²) >= 11 is 0. The molecule has 144 valence electrons. The van der Waals surface area contributed by atoms with Gasteiger partial charge < -0.3 is 9.64 Å². The summed E-state index contributed by atoms with van der Waals surface area (Å²) in [6.07, 6.45) is 3.73. The molecule has 0 spiro atoms. The molecule has 2 aromatic rings. The summed E-state index contributed by atoms with van der Waals surface area (Å²) in [5.74, 6) is 0.525. The van der Waals surface area contributed by atoms with Crippen LogP contribution in [0.4, 0.5) is 10.1 Å². The van der Waals surface area contributed by atoms with Crippen LogP contribution < -0.4 is 4.90 Å². The van der Waals surface area contributed by atoms with E-state index in [0.29, 0.717) is 5.92 Å². The van der Waals surface area contributed by atoms with Crippen LogP contribution in [-0.4, -0.2) is 50.8 Å². The number of ether oxygens (including phenoxy) is 1. The molecule has 3 nitrogen and oxygen atoms in total. The molecule has 0 radical (unpaired) electrons. The molecular weight excluding hydrogens is 339 g/mol. The maximum absolute atomic E-state index is 13.4. The van der Waals surface area contributed by atoms with Gasteiger partial charge in [-0.3, -0.25) is 4.90 Å². The van der Waals surface area contributed by atoms with E-state index in [2.05, 4.69) is 34.1 Å². The van der Waals surface area contributed by atoms with E-state index in [1.54, 1.807) is 19.2 Å². The Hall–Kier alpha value is -1.91. The highest BCUT2D eigenvalue weighted by Crippen LogP contribution is 2.28. The van der Waals surface area contributed by atoms with Gasteiger partial charge in [-0.1, -0.05) is 24.3 Å². The van der Waals surface area contributed by atoms with Gasteiger partial charge in [-0.15, -0.1) is 0 Å². The summed E-state index contributed by atoms with van der Waals surface area (Å²) < 4.78 is 18.8. The summed E-state index contributed by atoms with van der Waals surface area (Å²) in [6.45, 7) is 5.53. The molecule has 2 saturated heterocycles. The highest BCUT2D eigenvalue weighted by Gasteiger charge is 2.30. The molecule has 0 amide bonds. The molecule has 0 saturated carbocycles. The highest BCUT2D eigenvalue weighted by molar-refractivity contribution is 5.66. The fourth-order valence-electron chi connectivity index (χ4n) is 4.59. The molecule has 2 fully saturated rings. The minimum Gasteiger partial charge on any atom is -0.384 e. The first-order valence-electron chi connectivity index (χ1n) is 10.1. The fraction of sp³-hybridized carbons (Fsp3) is 0.478. The molecule has 1 atom stereocenters. The van der Waals surface area contributed by atoms with Crippen LogP contribution in [0.15, 0.2) is 48.5 Å². The van der Waals surface area contributed by atoms with Crippen molar-refractivity contribution in [1.82, 2.24) is 4.90 Å². The first kappa shape index (κ1) is 18.5. The lowest BCUT2D eigenvalue weighted by molar-refractivity contribution is 0.142. The Balaban J connectivity index is 1.33. The van der Waals surface area contributed by atoms with Gasteiger partial charge in [0.1, 0.15) is 5.82 Å². The van der Waals surface area contributed by atoms with Crippen LogP contribution in [0, 0.1) is 11.7 Å². The first-order valence-corrected chi connectivity index (χ1v) is 10.1. The number of anilines is 1. The average molecular weight is 368 g/mol. The van der Waals surface area contributed by atoms with Crippen LogP contribution >= 0.6 is 0 Å². The van der Waals surface area contributed by atoms with Gasteiger partial charge in [0, 0.05) is 38.5 Å². The zero-order valence-corrected chi connectivity index (χ0v) is 16.1. The zero-order chi connectivity index (χ0) is 18.6. The number of rotatable bonds is 5. The minimum absolute atomic E-state index is 0.187. The molecule has 0 aliphatic carbocycles. The highest BCUT2D eigenvalue weighted by atomic mass is 19.1. The Morgan fingerprint density at radius 3 is 2.44 bits per heavy atom. The average Bonchev–Trinajstić information content (AvgIpc) is 3.17. The topological polar surface area (TPSA) is 15.7 Å². The summed E-state index contributed by atoms with van der Waals surface area (Å²) in [5, 5.41) is 0. The van der Waals surface area contributed by atoms with Crippen LogP contribution in [0.1, 0.15) is 19.3 Å². The number of hydrogen-bond donors (Lipinski definition) is 0. The normalized spacial score (nSPS) is 21.7. The molecule has 4 rings (SSSR count). The van der Waals surface area contributed by atoms with Crippen LogP contribution in [0.5, 0.6) is 0 Å². The van der Waals surface area contributed by atoms with Crippen LogP contribution in [0.25, 0.3) is 11.1 Å². The first-order chi connectivity index (χ1) is 13.2. The van der Waals surface area contributed by atoms with E-state index in [-0.39, 0.29) is 5.82 Å². The number of benzene rings is 2. The van der Waals surface area contributed by atoms with Gasteiger partial charge in [0.2, 0.25) is 0 Å². The second-order valence-corrected chi connectivity index (χ2v) is 7.88. The van der Waals surface area contributed by atoms with Gasteiger partial charge >= 0.3 is 0 Å². The third-order valence-corrected chi connectivity index (χ3v) is 6.09. The lowest BCUT2D eigenvalue weighted by Gasteiger charge is -2.38. The third kappa shape index (κ3) is 4.33. The van der Waals surface area contributed by atoms with Crippen molar-refractivity contribution in [2.75, 3.05) is 44.8 Å². The van der Waals surface area contributed by atoms with Gasteiger partial charge in [0.15, 0.2) is 0 Å². The van der Waals surface area contributed by atoms with E-state index in [1.807, 2.05) is 6.07 Å². The van der Waals surface area contributed by atoms with Crippen molar-refractivity contribution in [2.24, 2.45) is 5.92 Å². The van der Waals surface area contributed by atoms with E-state index >= 15 is 0 Å². The van der Waals surface area contributed by atoms with E-state index in [0.717, 1.165) is 36.9 Å². The number of nitrogens with zero attached hydrogens (tertiary/aromatic N) is 2. The smallest absolute Gasteiger partial charge is 0.123 e. The summed E-state index contributed by atoms with van der Waals surface area (Å²) in [4.78, 5) is 5.16. The maximum atomic E-state index is 13.4. The lowest BCUT2D eigenvalue weighted by atomic mass is 10.0. The number of hydrogen-bond acceptors (Lipinski definition) is 3. The largest absolute Gasteiger partial charge is 0.384 e. The SMILES string of the molecule is COCC1CCN(C2CCN(c3ccc(-c4cccc(F)c4)cc3)CC2)C1. The number of methoxy groups -OCH3 is 1. The molecule has 2 aliphatic rings. The van der Waals surface area contributed by atoms with E-state index in [4.69, 9.17) is 4.74 Å². The van der Waals surface area contributed by atoms with Gasteiger partial charge in [0.05, 0.1) is 6.61 Å². The third-order valence-electron chi connectivity index (χ3n) is 6.09. The fourth-order valence-corrected chi connectivity index (χ4v) is 4.59. The quantitative estimate of drug-likeness (QED) is 0.776. The Morgan fingerprint density at radius 2 is 1.74 bits per heavy atom. The molecule has 0 N–H and O–H groups in total. The van der Waals surface area contributed by atoms with Crippen molar-refractivity contribution in [2.45, 2.75) is 25.3 Å². The molecule has 2 heterocycles. The van der Waals surface area contributed by atoms with Gasteiger partial charge in [-0.2, -0.15) is 0 Å². The number of halogens is 1. The van der Waals surface area contributed by atoms with Crippen molar-refractivity contribution in [3.8, 4) is 11.1 Å². The van der Waals surface area contributed by atoms with Crippen molar-refractivity contribution >= 4 is 5.69 Å². The zero-order valence-electron chi connectivity index (χ0n) is 16.1. The second-order valence-electron chi connectivity index (χ2n) is 7.88. The second kappa shape index (κ2) is 8.41. The Morgan fingerprint density at radius 1 is 0.963 bits per heavy atom. The van der Waals surface area contributed by atoms with Crippen molar-refractivity contribution in [3.05, 3.63) is 54.3 Å². The molecule has 0 aromatic heterocycles. The maximum Gasteiger partial charge on any atom is 0.123 e. The molecule has 2 aliphatic heterocycles. The van der Waals surface area contributed by atoms with Gasteiger partial charge in [-0.25, -0.2) is 4.39 Å². The van der Waals surface area contributed by atoms with Gasteiger partial charge in [0.25, 0.3) is 0 Å². The lowest BCUT2D eigenvalue weighted by Crippen LogP contribution is -2.44. The molecule has 1 unspecified atom stereocenters. The molecular formula is C23H29FN2O. The Bertz CT molecular complexity index is 740. The Kier molecular flexibility index (Phi) is 5.74. The predicted octanol–water partition coefficient (Wildman–Crippen LogP) is 4.43. The summed E-state index contributed by atoms with van der Waals surface area (Å²) in [5.41, 5.74) is 3.27. The van der Waals surface area contributed by atoms with Crippen LogP contribution in [-0.2, 0) is 4.74 Å². The van der Waals surface area contributed by atoms with E-state index in [9.17, 15) is 4.39 Å². The van der Waals surface area contributed by atoms with Crippen molar-refractivity contribution < 1.29 is 9.13 Å². The molecule has 0 bridgehead atoms. The molecule has 27 heavy (non-hydrogen) atoms. The molecule has 4 heteroatoms. The van der Waals surface area contributed by atoms with Crippen molar-refractivity contribution in [3.63, 3.8) is 0 Å². The van der Waals surface area contributed by atoms with Crippen LogP contribution in [0.2, 0.25) is 0 Å². The van der Waals surface area contributed by atoms with E-state index in [1.165, 1.54) is 44.1 Å². The van der Waals surface area contributed by atoms with E-state index < -0.39 is 0 Å². The minimum atomic E-state index is -0.187. The number of likely N-dealkylation sites (tertiary alicyclic amines) is 1. The Labute approximate surface area is 161 Å². The standard InChI is InChI=1S/C23H29FN2O/c1-27-17-18-9-12-26(16-18)23-10-13-25(14-11-23)22-7-5-19(6-8-22)20-3-2-4-21(24)15-20/h2-8,15,18,23H,9-14,16-17H2,1H3.